The van der Waals surface area contributed by atoms with Crippen LogP contribution in [-0.2, 0) is 12.8 Å². The second-order valence-electron chi connectivity index (χ2n) is 7.55. The first-order chi connectivity index (χ1) is 15.5. The fourth-order valence-electron chi connectivity index (χ4n) is 4.21. The number of aromatic nitrogens is 3. The van der Waals surface area contributed by atoms with Gasteiger partial charge in [0.05, 0.1) is 12.6 Å². The highest BCUT2D eigenvalue weighted by atomic mass is 19.1. The standard InChI is InChI=1S/C23H21FN6O2/c1-32-19-11-14(7-10-17(19)24)29-23(31)28-13-5-8-15(9-6-13)30-18-4-2-3-16(18)20-21(30)22(25)27-12-26-20/h5-12H,2-4H2,1H3,(H2,25,26,27)(H2,28,29,31). The summed E-state index contributed by atoms with van der Waals surface area (Å²) in [7, 11) is 1.37. The lowest BCUT2D eigenvalue weighted by molar-refractivity contribution is 0.262. The van der Waals surface area contributed by atoms with Crippen LogP contribution in [0.25, 0.3) is 16.7 Å². The number of nitrogens with two attached hydrogens (primary N) is 1. The van der Waals surface area contributed by atoms with Gasteiger partial charge >= 0.3 is 6.03 Å². The first kappa shape index (κ1) is 19.8. The first-order valence-corrected chi connectivity index (χ1v) is 10.2. The van der Waals surface area contributed by atoms with E-state index in [1.807, 2.05) is 24.3 Å². The maximum absolute atomic E-state index is 13.5. The smallest absolute Gasteiger partial charge is 0.323 e. The van der Waals surface area contributed by atoms with Crippen LogP contribution in [0.3, 0.4) is 0 Å². The van der Waals surface area contributed by atoms with Gasteiger partial charge in [0.15, 0.2) is 17.4 Å². The van der Waals surface area contributed by atoms with Gasteiger partial charge in [0.1, 0.15) is 11.8 Å². The molecule has 2 heterocycles. The molecule has 2 aromatic carbocycles. The molecule has 8 nitrogen and oxygen atoms in total. The van der Waals surface area contributed by atoms with E-state index >= 15 is 0 Å². The third kappa shape index (κ3) is 3.37. The molecule has 9 heteroatoms. The average molecular weight is 432 g/mol. The Morgan fingerprint density at radius 1 is 1.09 bits per heavy atom. The van der Waals surface area contributed by atoms with Crippen LogP contribution in [0, 0.1) is 5.82 Å². The Hall–Kier alpha value is -4.14. The van der Waals surface area contributed by atoms with Crippen LogP contribution in [0.1, 0.15) is 17.7 Å². The Balaban J connectivity index is 1.38. The Labute approximate surface area is 183 Å². The molecule has 1 aliphatic carbocycles. The number of carbonyl (C=O) groups excluding carboxylic acids is 1. The van der Waals surface area contributed by atoms with Crippen LogP contribution < -0.4 is 21.1 Å². The molecule has 1 aliphatic rings. The normalized spacial score (nSPS) is 12.6. The molecular weight excluding hydrogens is 411 g/mol. The number of ether oxygens (including phenoxy) is 1. The Morgan fingerprint density at radius 2 is 1.84 bits per heavy atom. The molecular formula is C23H21FN6O2. The molecule has 0 saturated carbocycles. The Morgan fingerprint density at radius 3 is 2.62 bits per heavy atom. The van der Waals surface area contributed by atoms with E-state index in [4.69, 9.17) is 10.5 Å². The number of anilines is 3. The number of hydrogen-bond donors (Lipinski definition) is 3. The number of methoxy groups -OCH3 is 1. The van der Waals surface area contributed by atoms with Gasteiger partial charge in [-0.1, -0.05) is 0 Å². The molecule has 2 amide bonds. The quantitative estimate of drug-likeness (QED) is 0.446. The van der Waals surface area contributed by atoms with Crippen molar-refractivity contribution in [1.82, 2.24) is 14.5 Å². The molecule has 0 spiro atoms. The molecule has 0 aliphatic heterocycles. The number of benzene rings is 2. The van der Waals surface area contributed by atoms with Crippen molar-refractivity contribution in [3.05, 3.63) is 65.9 Å². The van der Waals surface area contributed by atoms with Crippen LogP contribution in [0.15, 0.2) is 48.8 Å². The van der Waals surface area contributed by atoms with E-state index in [1.54, 1.807) is 0 Å². The number of hydrogen-bond acceptors (Lipinski definition) is 5. The molecule has 32 heavy (non-hydrogen) atoms. The summed E-state index contributed by atoms with van der Waals surface area (Å²) < 4.78 is 20.6. The number of rotatable bonds is 4. The third-order valence-corrected chi connectivity index (χ3v) is 5.61. The molecule has 5 rings (SSSR count). The first-order valence-electron chi connectivity index (χ1n) is 10.2. The topological polar surface area (TPSA) is 107 Å². The number of nitrogens with one attached hydrogen (secondary N) is 2. The summed E-state index contributed by atoms with van der Waals surface area (Å²) in [5.74, 6) is 0.00620. The van der Waals surface area contributed by atoms with Gasteiger partial charge in [-0.3, -0.25) is 0 Å². The van der Waals surface area contributed by atoms with E-state index in [-0.39, 0.29) is 5.75 Å². The summed E-state index contributed by atoms with van der Waals surface area (Å²) in [6.45, 7) is 0. The SMILES string of the molecule is COc1cc(NC(=O)Nc2ccc(-n3c4c(c5ncnc(N)c53)CCC4)cc2)ccc1F. The number of halogens is 1. The van der Waals surface area contributed by atoms with Crippen LogP contribution in [-0.4, -0.2) is 27.7 Å². The monoisotopic (exact) mass is 432 g/mol. The summed E-state index contributed by atoms with van der Waals surface area (Å²) in [6, 6.07) is 11.1. The van der Waals surface area contributed by atoms with Gasteiger partial charge in [0.25, 0.3) is 0 Å². The molecule has 4 N–H and O–H groups in total. The molecule has 0 bridgehead atoms. The van der Waals surface area contributed by atoms with Gasteiger partial charge in [-0.15, -0.1) is 0 Å². The number of aryl methyl sites for hydroxylation is 1. The number of amides is 2. The summed E-state index contributed by atoms with van der Waals surface area (Å²) in [5, 5.41) is 5.44. The number of urea groups is 1. The summed E-state index contributed by atoms with van der Waals surface area (Å²) in [6.07, 6.45) is 4.51. The predicted molar refractivity (Wildman–Crippen MR) is 121 cm³/mol. The maximum Gasteiger partial charge on any atom is 0.323 e. The van der Waals surface area contributed by atoms with Crippen LogP contribution >= 0.6 is 0 Å². The lowest BCUT2D eigenvalue weighted by Crippen LogP contribution is -2.19. The largest absolute Gasteiger partial charge is 0.494 e. The Kier molecular flexibility index (Phi) is 4.85. The molecule has 162 valence electrons. The van der Waals surface area contributed by atoms with E-state index in [0.717, 1.165) is 36.0 Å². The number of nitrogen functional groups attached to an aromatic ring is 1. The van der Waals surface area contributed by atoms with Crippen molar-refractivity contribution in [1.29, 1.82) is 0 Å². The predicted octanol–water partition coefficient (Wildman–Crippen LogP) is 4.28. The van der Waals surface area contributed by atoms with E-state index in [0.29, 0.717) is 17.2 Å². The Bertz CT molecular complexity index is 1330. The fraction of sp³-hybridized carbons (Fsp3) is 0.174. The van der Waals surface area contributed by atoms with E-state index in [1.165, 1.54) is 42.9 Å². The number of fused-ring (bicyclic) bond motifs is 3. The zero-order chi connectivity index (χ0) is 22.2. The molecule has 0 saturated heterocycles. The van der Waals surface area contributed by atoms with E-state index < -0.39 is 11.8 Å². The minimum atomic E-state index is -0.496. The summed E-state index contributed by atoms with van der Waals surface area (Å²) in [4.78, 5) is 21.0. The molecule has 0 fully saturated rings. The summed E-state index contributed by atoms with van der Waals surface area (Å²) >= 11 is 0. The minimum absolute atomic E-state index is 0.0573. The van der Waals surface area contributed by atoms with Crippen molar-refractivity contribution < 1.29 is 13.9 Å². The fourth-order valence-corrected chi connectivity index (χ4v) is 4.21. The van der Waals surface area contributed by atoms with E-state index in [2.05, 4.69) is 25.2 Å². The van der Waals surface area contributed by atoms with Crippen molar-refractivity contribution in [2.75, 3.05) is 23.5 Å². The highest BCUT2D eigenvalue weighted by molar-refractivity contribution is 6.00. The van der Waals surface area contributed by atoms with Gasteiger partial charge in [0.2, 0.25) is 0 Å². The van der Waals surface area contributed by atoms with Crippen molar-refractivity contribution >= 4 is 34.3 Å². The number of nitrogens with zero attached hydrogens (tertiary/aromatic N) is 3. The van der Waals surface area contributed by atoms with Crippen molar-refractivity contribution in [3.8, 4) is 11.4 Å². The van der Waals surface area contributed by atoms with Gasteiger partial charge in [-0.25, -0.2) is 19.2 Å². The average Bonchev–Trinajstić information content (AvgIpc) is 3.38. The highest BCUT2D eigenvalue weighted by Crippen LogP contribution is 2.36. The second kappa shape index (κ2) is 7.84. The van der Waals surface area contributed by atoms with Gasteiger partial charge in [-0.2, -0.15) is 0 Å². The molecule has 0 radical (unpaired) electrons. The highest BCUT2D eigenvalue weighted by Gasteiger charge is 2.25. The van der Waals surface area contributed by atoms with Crippen molar-refractivity contribution in [2.24, 2.45) is 0 Å². The molecule has 2 aromatic heterocycles. The zero-order valence-corrected chi connectivity index (χ0v) is 17.4. The molecule has 4 aromatic rings. The zero-order valence-electron chi connectivity index (χ0n) is 17.4. The molecule has 0 atom stereocenters. The van der Waals surface area contributed by atoms with Crippen LogP contribution in [0.5, 0.6) is 5.75 Å². The van der Waals surface area contributed by atoms with Crippen LogP contribution in [0.2, 0.25) is 0 Å². The van der Waals surface area contributed by atoms with Gasteiger partial charge < -0.3 is 25.7 Å². The number of carbonyl (C=O) groups is 1. The minimum Gasteiger partial charge on any atom is -0.494 e. The lowest BCUT2D eigenvalue weighted by Gasteiger charge is -2.12. The molecule has 0 unspecified atom stereocenters. The third-order valence-electron chi connectivity index (χ3n) is 5.61. The van der Waals surface area contributed by atoms with Gasteiger partial charge in [-0.05, 0) is 61.2 Å². The summed E-state index contributed by atoms with van der Waals surface area (Å²) in [5.41, 5.74) is 12.3. The van der Waals surface area contributed by atoms with Crippen molar-refractivity contribution in [3.63, 3.8) is 0 Å². The van der Waals surface area contributed by atoms with E-state index in [9.17, 15) is 9.18 Å². The lowest BCUT2D eigenvalue weighted by atomic mass is 10.2. The van der Waals surface area contributed by atoms with Crippen LogP contribution in [0.4, 0.5) is 26.4 Å². The maximum atomic E-state index is 13.5. The second-order valence-corrected chi connectivity index (χ2v) is 7.55. The van der Waals surface area contributed by atoms with Crippen molar-refractivity contribution in [2.45, 2.75) is 19.3 Å². The van der Waals surface area contributed by atoms with Gasteiger partial charge in [0, 0.05) is 28.8 Å².